The first-order chi connectivity index (χ1) is 16.4. The average molecular weight is 470 g/mol. The lowest BCUT2D eigenvalue weighted by molar-refractivity contribution is 0.250. The Morgan fingerprint density at radius 2 is 1.65 bits per heavy atom. The monoisotopic (exact) mass is 469 g/mol. The average Bonchev–Trinajstić information content (AvgIpc) is 3.36. The number of hydrogen-bond donors (Lipinski definition) is 2. The summed E-state index contributed by atoms with van der Waals surface area (Å²) in [5.41, 5.74) is 3.33. The van der Waals surface area contributed by atoms with Crippen molar-refractivity contribution in [2.24, 2.45) is 5.92 Å². The minimum absolute atomic E-state index is 0.300. The molecule has 0 aliphatic carbocycles. The number of rotatable bonds is 10. The summed E-state index contributed by atoms with van der Waals surface area (Å²) in [6, 6.07) is 8.77. The summed E-state index contributed by atoms with van der Waals surface area (Å²) in [4.78, 5) is 12.4. The lowest BCUT2D eigenvalue weighted by Gasteiger charge is -2.15. The third kappa shape index (κ3) is 5.36. The molecule has 0 spiro atoms. The fourth-order valence-corrected chi connectivity index (χ4v) is 3.42. The van der Waals surface area contributed by atoms with Crippen LogP contribution in [0, 0.1) is 5.92 Å². The third-order valence-electron chi connectivity index (χ3n) is 5.57. The van der Waals surface area contributed by atoms with E-state index in [0.717, 1.165) is 23.1 Å². The number of nitrogens with zero attached hydrogens (tertiary/aromatic N) is 1. The molecule has 9 nitrogen and oxygen atoms in total. The van der Waals surface area contributed by atoms with E-state index < -0.39 is 0 Å². The van der Waals surface area contributed by atoms with E-state index in [9.17, 15) is 4.79 Å². The molecule has 1 unspecified atom stereocenters. The minimum Gasteiger partial charge on any atom is -0.495 e. The van der Waals surface area contributed by atoms with Crippen molar-refractivity contribution in [3.8, 4) is 45.4 Å². The molecular weight excluding hydrogens is 438 g/mol. The summed E-state index contributed by atoms with van der Waals surface area (Å²) in [6.45, 7) is 4.75. The molecular formula is C25H31N3O6. The quantitative estimate of drug-likeness (QED) is 0.420. The SMILES string of the molecule is CCC(C)CNC(=O)Nc1cc(-c2conc2-c2cc(OC)c(OC)c(OC)c2)ccc1OC. The Hall–Kier alpha value is -3.88. The Balaban J connectivity index is 1.97. The molecule has 1 atom stereocenters. The summed E-state index contributed by atoms with van der Waals surface area (Å²) in [5.74, 6) is 2.41. The van der Waals surface area contributed by atoms with Gasteiger partial charge < -0.3 is 34.1 Å². The van der Waals surface area contributed by atoms with Gasteiger partial charge in [-0.1, -0.05) is 31.5 Å². The van der Waals surface area contributed by atoms with Gasteiger partial charge in [-0.2, -0.15) is 0 Å². The minimum atomic E-state index is -0.300. The molecule has 1 heterocycles. The Kier molecular flexibility index (Phi) is 8.24. The summed E-state index contributed by atoms with van der Waals surface area (Å²) in [5, 5.41) is 9.96. The molecule has 34 heavy (non-hydrogen) atoms. The second-order valence-electron chi connectivity index (χ2n) is 7.75. The highest BCUT2D eigenvalue weighted by Gasteiger charge is 2.20. The van der Waals surface area contributed by atoms with Crippen LogP contribution in [-0.4, -0.2) is 46.2 Å². The van der Waals surface area contributed by atoms with Crippen molar-refractivity contribution < 1.29 is 28.3 Å². The van der Waals surface area contributed by atoms with Crippen molar-refractivity contribution in [1.82, 2.24) is 10.5 Å². The molecule has 1 aromatic heterocycles. The molecule has 182 valence electrons. The number of methoxy groups -OCH3 is 4. The van der Waals surface area contributed by atoms with Crippen LogP contribution < -0.4 is 29.6 Å². The molecule has 3 rings (SSSR count). The third-order valence-corrected chi connectivity index (χ3v) is 5.57. The van der Waals surface area contributed by atoms with Gasteiger partial charge in [-0.25, -0.2) is 4.79 Å². The first-order valence-electron chi connectivity index (χ1n) is 10.9. The molecule has 2 aromatic carbocycles. The number of benzene rings is 2. The summed E-state index contributed by atoms with van der Waals surface area (Å²) in [7, 11) is 6.21. The van der Waals surface area contributed by atoms with Crippen molar-refractivity contribution in [2.75, 3.05) is 40.3 Å². The Morgan fingerprint density at radius 1 is 0.971 bits per heavy atom. The first kappa shape index (κ1) is 24.8. The van der Waals surface area contributed by atoms with Gasteiger partial charge in [0.25, 0.3) is 0 Å². The molecule has 0 fully saturated rings. The lowest BCUT2D eigenvalue weighted by atomic mass is 10.0. The van der Waals surface area contributed by atoms with Gasteiger partial charge in [-0.15, -0.1) is 0 Å². The number of ether oxygens (including phenoxy) is 4. The van der Waals surface area contributed by atoms with Gasteiger partial charge in [0.05, 0.1) is 34.1 Å². The number of aromatic nitrogens is 1. The second-order valence-corrected chi connectivity index (χ2v) is 7.75. The van der Waals surface area contributed by atoms with E-state index >= 15 is 0 Å². The van der Waals surface area contributed by atoms with E-state index in [1.165, 1.54) is 0 Å². The molecule has 0 bridgehead atoms. The van der Waals surface area contributed by atoms with Crippen LogP contribution in [0.15, 0.2) is 41.1 Å². The van der Waals surface area contributed by atoms with Gasteiger partial charge in [0.15, 0.2) is 11.5 Å². The molecule has 0 saturated heterocycles. The van der Waals surface area contributed by atoms with Crippen molar-refractivity contribution in [2.45, 2.75) is 20.3 Å². The zero-order valence-corrected chi connectivity index (χ0v) is 20.4. The van der Waals surface area contributed by atoms with Crippen LogP contribution in [0.3, 0.4) is 0 Å². The number of hydrogen-bond acceptors (Lipinski definition) is 7. The zero-order chi connectivity index (χ0) is 24.7. The second kappa shape index (κ2) is 11.3. The summed E-state index contributed by atoms with van der Waals surface area (Å²) < 4.78 is 27.1. The molecule has 0 saturated carbocycles. The lowest BCUT2D eigenvalue weighted by Crippen LogP contribution is -2.32. The number of carbonyl (C=O) groups is 1. The van der Waals surface area contributed by atoms with Crippen LogP contribution in [0.5, 0.6) is 23.0 Å². The van der Waals surface area contributed by atoms with Crippen LogP contribution >= 0.6 is 0 Å². The Bertz CT molecular complexity index is 1100. The Labute approximate surface area is 199 Å². The number of carbonyl (C=O) groups excluding carboxylic acids is 1. The van der Waals surface area contributed by atoms with E-state index in [1.54, 1.807) is 52.9 Å². The predicted molar refractivity (Wildman–Crippen MR) is 130 cm³/mol. The maximum atomic E-state index is 12.4. The summed E-state index contributed by atoms with van der Waals surface area (Å²) in [6.07, 6.45) is 2.53. The molecule has 0 radical (unpaired) electrons. The van der Waals surface area contributed by atoms with Crippen LogP contribution in [0.1, 0.15) is 20.3 Å². The smallest absolute Gasteiger partial charge is 0.319 e. The molecule has 2 N–H and O–H groups in total. The van der Waals surface area contributed by atoms with Crippen LogP contribution in [0.4, 0.5) is 10.5 Å². The highest BCUT2D eigenvalue weighted by molar-refractivity contribution is 5.93. The van der Waals surface area contributed by atoms with Gasteiger partial charge in [-0.05, 0) is 35.7 Å². The topological polar surface area (TPSA) is 104 Å². The van der Waals surface area contributed by atoms with Gasteiger partial charge in [0, 0.05) is 17.7 Å². The molecule has 3 aromatic rings. The normalized spacial score (nSPS) is 11.5. The van der Waals surface area contributed by atoms with Crippen LogP contribution in [-0.2, 0) is 0 Å². The van der Waals surface area contributed by atoms with Gasteiger partial charge in [0.2, 0.25) is 5.75 Å². The van der Waals surface area contributed by atoms with E-state index in [-0.39, 0.29) is 6.03 Å². The maximum absolute atomic E-state index is 12.4. The zero-order valence-electron chi connectivity index (χ0n) is 20.4. The summed E-state index contributed by atoms with van der Waals surface area (Å²) >= 11 is 0. The predicted octanol–water partition coefficient (Wildman–Crippen LogP) is 5.21. The van der Waals surface area contributed by atoms with E-state index in [0.29, 0.717) is 46.8 Å². The van der Waals surface area contributed by atoms with Gasteiger partial charge >= 0.3 is 6.03 Å². The number of nitrogens with one attached hydrogen (secondary N) is 2. The van der Waals surface area contributed by atoms with Crippen LogP contribution in [0.2, 0.25) is 0 Å². The maximum Gasteiger partial charge on any atom is 0.319 e. The standard InChI is InChI=1S/C25H31N3O6/c1-7-15(2)13-26-25(29)27-19-10-16(8-9-20(19)30-3)18-14-34-28-23(18)17-11-21(31-4)24(33-6)22(12-17)32-5/h8-12,14-15H,7,13H2,1-6H3,(H2,26,27,29). The van der Waals surface area contributed by atoms with Crippen LogP contribution in [0.25, 0.3) is 22.4 Å². The molecule has 2 amide bonds. The van der Waals surface area contributed by atoms with Crippen molar-refractivity contribution >= 4 is 11.7 Å². The highest BCUT2D eigenvalue weighted by Crippen LogP contribution is 2.43. The van der Waals surface area contributed by atoms with E-state index in [2.05, 4.69) is 29.6 Å². The molecule has 0 aliphatic rings. The van der Waals surface area contributed by atoms with E-state index in [4.69, 9.17) is 23.5 Å². The van der Waals surface area contributed by atoms with Crippen molar-refractivity contribution in [3.05, 3.63) is 36.6 Å². The van der Waals surface area contributed by atoms with E-state index in [1.807, 2.05) is 12.1 Å². The number of urea groups is 1. The van der Waals surface area contributed by atoms with Gasteiger partial charge in [0.1, 0.15) is 17.7 Å². The van der Waals surface area contributed by atoms with Crippen molar-refractivity contribution in [1.29, 1.82) is 0 Å². The molecule has 0 aliphatic heterocycles. The highest BCUT2D eigenvalue weighted by atomic mass is 16.5. The largest absolute Gasteiger partial charge is 0.495 e. The fraction of sp³-hybridized carbons (Fsp3) is 0.360. The fourth-order valence-electron chi connectivity index (χ4n) is 3.42. The first-order valence-corrected chi connectivity index (χ1v) is 10.9. The molecule has 9 heteroatoms. The van der Waals surface area contributed by atoms with Gasteiger partial charge in [-0.3, -0.25) is 0 Å². The number of anilines is 1. The Morgan fingerprint density at radius 3 is 2.24 bits per heavy atom. The van der Waals surface area contributed by atoms with Crippen molar-refractivity contribution in [3.63, 3.8) is 0 Å². The number of amides is 2.